The summed E-state index contributed by atoms with van der Waals surface area (Å²) in [5.74, 6) is 1.33. The van der Waals surface area contributed by atoms with Gasteiger partial charge in [0.15, 0.2) is 5.82 Å². The normalized spacial score (nSPS) is 16.1. The number of halogens is 1. The standard InChI is InChI=1S/C14H14ClN7O2S2/c15-11-1-2-14(25-11)26(23,24)21-5-3-20(4-6-21)12-7-13(18-9-17-12)22-10-16-8-19-22/h1-2,7-10H,3-6H2. The van der Waals surface area contributed by atoms with E-state index in [0.29, 0.717) is 36.3 Å². The number of hydrogen-bond acceptors (Lipinski definition) is 8. The molecule has 0 unspecified atom stereocenters. The highest BCUT2D eigenvalue weighted by molar-refractivity contribution is 7.91. The van der Waals surface area contributed by atoms with Crippen LogP contribution >= 0.6 is 22.9 Å². The molecule has 0 bridgehead atoms. The smallest absolute Gasteiger partial charge is 0.252 e. The molecule has 4 rings (SSSR count). The maximum atomic E-state index is 12.7. The third kappa shape index (κ3) is 3.30. The van der Waals surface area contributed by atoms with E-state index in [1.807, 2.05) is 4.90 Å². The second-order valence-electron chi connectivity index (χ2n) is 5.52. The summed E-state index contributed by atoms with van der Waals surface area (Å²) in [5.41, 5.74) is 0. The van der Waals surface area contributed by atoms with Gasteiger partial charge in [-0.15, -0.1) is 11.3 Å². The Morgan fingerprint density at radius 3 is 2.46 bits per heavy atom. The fourth-order valence-electron chi connectivity index (χ4n) is 2.68. The first kappa shape index (κ1) is 17.3. The Labute approximate surface area is 158 Å². The number of anilines is 1. The number of rotatable bonds is 4. The van der Waals surface area contributed by atoms with Crippen molar-refractivity contribution in [2.45, 2.75) is 4.21 Å². The molecule has 1 fully saturated rings. The van der Waals surface area contributed by atoms with Crippen LogP contribution in [-0.2, 0) is 10.0 Å². The van der Waals surface area contributed by atoms with Gasteiger partial charge in [-0.25, -0.2) is 28.1 Å². The fraction of sp³-hybridized carbons (Fsp3) is 0.286. The van der Waals surface area contributed by atoms with Gasteiger partial charge in [0.05, 0.1) is 4.34 Å². The molecule has 1 aliphatic rings. The topological polar surface area (TPSA) is 97.1 Å². The first-order chi connectivity index (χ1) is 12.5. The molecule has 1 saturated heterocycles. The number of sulfonamides is 1. The summed E-state index contributed by atoms with van der Waals surface area (Å²) < 4.78 is 29.1. The minimum absolute atomic E-state index is 0.270. The molecule has 0 saturated carbocycles. The van der Waals surface area contributed by atoms with Crippen molar-refractivity contribution >= 4 is 38.8 Å². The first-order valence-corrected chi connectivity index (χ1v) is 10.3. The van der Waals surface area contributed by atoms with Crippen LogP contribution in [0.2, 0.25) is 4.34 Å². The van der Waals surface area contributed by atoms with Crippen LogP contribution in [0.4, 0.5) is 5.82 Å². The van der Waals surface area contributed by atoms with Gasteiger partial charge in [0, 0.05) is 32.2 Å². The molecule has 3 aromatic rings. The maximum absolute atomic E-state index is 12.7. The van der Waals surface area contributed by atoms with Gasteiger partial charge >= 0.3 is 0 Å². The lowest BCUT2D eigenvalue weighted by Crippen LogP contribution is -2.48. The third-order valence-corrected chi connectivity index (χ3v) is 7.59. The Morgan fingerprint density at radius 2 is 1.81 bits per heavy atom. The molecule has 0 aromatic carbocycles. The largest absolute Gasteiger partial charge is 0.354 e. The van der Waals surface area contributed by atoms with Crippen LogP contribution in [0.15, 0.2) is 41.4 Å². The van der Waals surface area contributed by atoms with Crippen molar-refractivity contribution in [3.8, 4) is 5.82 Å². The lowest BCUT2D eigenvalue weighted by atomic mass is 10.3. The molecule has 0 radical (unpaired) electrons. The van der Waals surface area contributed by atoms with Gasteiger partial charge in [0.1, 0.15) is 29.0 Å². The molecule has 4 heterocycles. The van der Waals surface area contributed by atoms with Crippen LogP contribution in [0, 0.1) is 0 Å². The third-order valence-electron chi connectivity index (χ3n) is 4.00. The minimum atomic E-state index is -3.50. The quantitative estimate of drug-likeness (QED) is 0.637. The Kier molecular flexibility index (Phi) is 4.61. The molecule has 1 aliphatic heterocycles. The van der Waals surface area contributed by atoms with Crippen LogP contribution in [-0.4, -0.2) is 63.6 Å². The van der Waals surface area contributed by atoms with Crippen LogP contribution < -0.4 is 4.90 Å². The predicted molar refractivity (Wildman–Crippen MR) is 97.2 cm³/mol. The highest BCUT2D eigenvalue weighted by atomic mass is 35.5. The summed E-state index contributed by atoms with van der Waals surface area (Å²) in [7, 11) is -3.50. The molecule has 3 aromatic heterocycles. The van der Waals surface area contributed by atoms with E-state index >= 15 is 0 Å². The van der Waals surface area contributed by atoms with Gasteiger partial charge in [0.25, 0.3) is 10.0 Å². The Balaban J connectivity index is 1.48. The van der Waals surface area contributed by atoms with E-state index in [1.165, 1.54) is 17.0 Å². The number of hydrogen-bond donors (Lipinski definition) is 0. The van der Waals surface area contributed by atoms with E-state index in [2.05, 4.69) is 20.1 Å². The van der Waals surface area contributed by atoms with Crippen molar-refractivity contribution in [1.29, 1.82) is 0 Å². The van der Waals surface area contributed by atoms with E-state index in [9.17, 15) is 8.42 Å². The fourth-order valence-corrected chi connectivity index (χ4v) is 5.74. The SMILES string of the molecule is O=S(=O)(c1ccc(Cl)s1)N1CCN(c2cc(-n3cncn3)ncn2)CC1. The Hall–Kier alpha value is -2.08. The van der Waals surface area contributed by atoms with Crippen molar-refractivity contribution < 1.29 is 8.42 Å². The zero-order valence-corrected chi connectivity index (χ0v) is 15.8. The van der Waals surface area contributed by atoms with Crippen LogP contribution in [0.5, 0.6) is 0 Å². The van der Waals surface area contributed by atoms with Gasteiger partial charge in [0.2, 0.25) is 0 Å². The summed E-state index contributed by atoms with van der Waals surface area (Å²) in [6.07, 6.45) is 4.45. The zero-order chi connectivity index (χ0) is 18.1. The highest BCUT2D eigenvalue weighted by Gasteiger charge is 2.30. The molecule has 136 valence electrons. The second-order valence-corrected chi connectivity index (χ2v) is 9.40. The lowest BCUT2D eigenvalue weighted by molar-refractivity contribution is 0.384. The predicted octanol–water partition coefficient (Wildman–Crippen LogP) is 1.28. The van der Waals surface area contributed by atoms with Gasteiger partial charge < -0.3 is 4.90 Å². The molecular formula is C14H14ClN7O2S2. The van der Waals surface area contributed by atoms with E-state index in [4.69, 9.17) is 11.6 Å². The molecular weight excluding hydrogens is 398 g/mol. The zero-order valence-electron chi connectivity index (χ0n) is 13.4. The second kappa shape index (κ2) is 6.91. The Bertz CT molecular complexity index is 998. The summed E-state index contributed by atoms with van der Waals surface area (Å²) in [5, 5.41) is 4.05. The van der Waals surface area contributed by atoms with Crippen LogP contribution in [0.25, 0.3) is 5.82 Å². The van der Waals surface area contributed by atoms with Crippen molar-refractivity contribution in [1.82, 2.24) is 29.0 Å². The number of nitrogens with zero attached hydrogens (tertiary/aromatic N) is 7. The summed E-state index contributed by atoms with van der Waals surface area (Å²) in [6, 6.07) is 4.95. The van der Waals surface area contributed by atoms with Crippen LogP contribution in [0.1, 0.15) is 0 Å². The summed E-state index contributed by atoms with van der Waals surface area (Å²) >= 11 is 6.94. The minimum Gasteiger partial charge on any atom is -0.354 e. The molecule has 0 amide bonds. The first-order valence-electron chi connectivity index (χ1n) is 7.71. The van der Waals surface area contributed by atoms with E-state index in [0.717, 1.165) is 17.2 Å². The van der Waals surface area contributed by atoms with E-state index in [1.54, 1.807) is 29.2 Å². The van der Waals surface area contributed by atoms with Gasteiger partial charge in [-0.3, -0.25) is 0 Å². The molecule has 12 heteroatoms. The molecule has 0 N–H and O–H groups in total. The number of piperazine rings is 1. The molecule has 0 spiro atoms. The average molecular weight is 412 g/mol. The van der Waals surface area contributed by atoms with Crippen molar-refractivity contribution in [2.24, 2.45) is 0 Å². The molecule has 26 heavy (non-hydrogen) atoms. The van der Waals surface area contributed by atoms with Crippen LogP contribution in [0.3, 0.4) is 0 Å². The number of aromatic nitrogens is 5. The van der Waals surface area contributed by atoms with Crippen molar-refractivity contribution in [3.63, 3.8) is 0 Å². The number of thiophene rings is 1. The molecule has 0 aliphatic carbocycles. The molecule has 9 nitrogen and oxygen atoms in total. The Morgan fingerprint density at radius 1 is 1.04 bits per heavy atom. The maximum Gasteiger partial charge on any atom is 0.252 e. The average Bonchev–Trinajstić information content (AvgIpc) is 3.34. The summed E-state index contributed by atoms with van der Waals surface area (Å²) in [4.78, 5) is 14.4. The van der Waals surface area contributed by atoms with E-state index in [-0.39, 0.29) is 4.21 Å². The monoisotopic (exact) mass is 411 g/mol. The van der Waals surface area contributed by atoms with Gasteiger partial charge in [-0.1, -0.05) is 11.6 Å². The van der Waals surface area contributed by atoms with Crippen molar-refractivity contribution in [2.75, 3.05) is 31.1 Å². The highest BCUT2D eigenvalue weighted by Crippen LogP contribution is 2.29. The lowest BCUT2D eigenvalue weighted by Gasteiger charge is -2.34. The molecule has 0 atom stereocenters. The van der Waals surface area contributed by atoms with Crippen molar-refractivity contribution in [3.05, 3.63) is 41.5 Å². The van der Waals surface area contributed by atoms with E-state index < -0.39 is 10.0 Å². The summed E-state index contributed by atoms with van der Waals surface area (Å²) in [6.45, 7) is 1.82. The van der Waals surface area contributed by atoms with Gasteiger partial charge in [-0.05, 0) is 12.1 Å². The van der Waals surface area contributed by atoms with Gasteiger partial charge in [-0.2, -0.15) is 9.40 Å².